The normalized spacial score (nSPS) is 12.2. The molecule has 7 heteroatoms. The van der Waals surface area contributed by atoms with E-state index in [-0.39, 0.29) is 5.56 Å². The number of benzene rings is 3. The Labute approximate surface area is 168 Å². The number of halogens is 5. The molecule has 0 aliphatic heterocycles. The van der Waals surface area contributed by atoms with Crippen LogP contribution < -0.4 is 0 Å². The highest BCUT2D eigenvalue weighted by atomic mass is 19.4. The molecule has 0 saturated carbocycles. The van der Waals surface area contributed by atoms with Crippen LogP contribution in [-0.2, 0) is 12.6 Å². The lowest BCUT2D eigenvalue weighted by molar-refractivity contribution is -0.137. The fourth-order valence-corrected chi connectivity index (χ4v) is 3.34. The van der Waals surface area contributed by atoms with Gasteiger partial charge in [0.25, 0.3) is 0 Å². The van der Waals surface area contributed by atoms with Gasteiger partial charge in [-0.05, 0) is 59.5 Å². The van der Waals surface area contributed by atoms with Crippen LogP contribution in [0.25, 0.3) is 23.1 Å². The van der Waals surface area contributed by atoms with Gasteiger partial charge < -0.3 is 0 Å². The van der Waals surface area contributed by atoms with Crippen molar-refractivity contribution < 1.29 is 22.0 Å². The topological polar surface area (TPSA) is 28.7 Å². The largest absolute Gasteiger partial charge is 0.416 e. The maximum absolute atomic E-state index is 13.4. The zero-order valence-electron chi connectivity index (χ0n) is 15.5. The van der Waals surface area contributed by atoms with Crippen molar-refractivity contribution in [2.24, 2.45) is 0 Å². The minimum absolute atomic E-state index is 0.0409. The Kier molecular flexibility index (Phi) is 5.11. The van der Waals surface area contributed by atoms with Crippen molar-refractivity contribution in [3.05, 3.63) is 100 Å². The summed E-state index contributed by atoms with van der Waals surface area (Å²) in [5.41, 5.74) is 1.76. The smallest absolute Gasteiger partial charge is 0.277 e. The van der Waals surface area contributed by atoms with Crippen molar-refractivity contribution in [3.8, 4) is 0 Å². The van der Waals surface area contributed by atoms with Crippen LogP contribution in [0.2, 0.25) is 0 Å². The molecule has 4 rings (SSSR count). The van der Waals surface area contributed by atoms with Crippen LogP contribution >= 0.6 is 0 Å². The SMILES string of the molecule is Fc1cc(F)cc(Cc2ccc3n[nH]c(C=Cc4ccccc4C(F)(F)F)c3c2)c1. The number of hydrogen-bond acceptors (Lipinski definition) is 1. The highest BCUT2D eigenvalue weighted by Gasteiger charge is 2.32. The first-order chi connectivity index (χ1) is 14.3. The molecule has 0 unspecified atom stereocenters. The first-order valence-corrected chi connectivity index (χ1v) is 9.06. The highest BCUT2D eigenvalue weighted by molar-refractivity contribution is 5.90. The predicted molar refractivity (Wildman–Crippen MR) is 106 cm³/mol. The molecule has 4 aromatic rings. The number of rotatable bonds is 4. The molecule has 0 bridgehead atoms. The van der Waals surface area contributed by atoms with Crippen LogP contribution in [0.15, 0.2) is 60.7 Å². The zero-order valence-corrected chi connectivity index (χ0v) is 15.5. The average Bonchev–Trinajstić information content (AvgIpc) is 3.07. The molecule has 30 heavy (non-hydrogen) atoms. The molecular weight excluding hydrogens is 399 g/mol. The van der Waals surface area contributed by atoms with E-state index in [1.54, 1.807) is 18.2 Å². The molecule has 2 nitrogen and oxygen atoms in total. The van der Waals surface area contributed by atoms with E-state index in [0.717, 1.165) is 17.7 Å². The van der Waals surface area contributed by atoms with Gasteiger partial charge in [0.2, 0.25) is 0 Å². The molecule has 1 aromatic heterocycles. The third kappa shape index (κ3) is 4.25. The molecular formula is C23H15F5N2. The number of aromatic nitrogens is 2. The van der Waals surface area contributed by atoms with Gasteiger partial charge in [-0.15, -0.1) is 0 Å². The lowest BCUT2D eigenvalue weighted by Crippen LogP contribution is -2.06. The second-order valence-electron chi connectivity index (χ2n) is 6.86. The van der Waals surface area contributed by atoms with E-state index in [1.165, 1.54) is 42.5 Å². The Bertz CT molecular complexity index is 1220. The minimum Gasteiger partial charge on any atom is -0.277 e. The Morgan fingerprint density at radius 1 is 0.833 bits per heavy atom. The Balaban J connectivity index is 1.66. The molecule has 152 valence electrons. The van der Waals surface area contributed by atoms with Crippen molar-refractivity contribution in [2.45, 2.75) is 12.6 Å². The second kappa shape index (κ2) is 7.74. The number of fused-ring (bicyclic) bond motifs is 1. The molecule has 0 spiro atoms. The number of hydrogen-bond donors (Lipinski definition) is 1. The van der Waals surface area contributed by atoms with Gasteiger partial charge in [0, 0.05) is 11.5 Å². The summed E-state index contributed by atoms with van der Waals surface area (Å²) >= 11 is 0. The monoisotopic (exact) mass is 414 g/mol. The summed E-state index contributed by atoms with van der Waals surface area (Å²) < 4.78 is 66.4. The van der Waals surface area contributed by atoms with E-state index in [2.05, 4.69) is 10.2 Å². The van der Waals surface area contributed by atoms with Gasteiger partial charge >= 0.3 is 6.18 Å². The van der Waals surface area contributed by atoms with Crippen LogP contribution in [-0.4, -0.2) is 10.2 Å². The van der Waals surface area contributed by atoms with Gasteiger partial charge in [0.05, 0.1) is 16.8 Å². The van der Waals surface area contributed by atoms with Crippen molar-refractivity contribution in [1.82, 2.24) is 10.2 Å². The molecule has 0 saturated heterocycles. The molecule has 0 amide bonds. The van der Waals surface area contributed by atoms with Gasteiger partial charge in [-0.2, -0.15) is 18.3 Å². The summed E-state index contributed by atoms with van der Waals surface area (Å²) in [4.78, 5) is 0. The van der Waals surface area contributed by atoms with Gasteiger partial charge in [-0.1, -0.05) is 30.3 Å². The fourth-order valence-electron chi connectivity index (χ4n) is 3.34. The summed E-state index contributed by atoms with van der Waals surface area (Å²) in [6, 6.07) is 14.0. The van der Waals surface area contributed by atoms with Gasteiger partial charge in [-0.3, -0.25) is 5.10 Å². The maximum atomic E-state index is 13.4. The van der Waals surface area contributed by atoms with Crippen LogP contribution in [0, 0.1) is 11.6 Å². The summed E-state index contributed by atoms with van der Waals surface area (Å²) in [7, 11) is 0. The first-order valence-electron chi connectivity index (χ1n) is 9.06. The number of nitrogens with one attached hydrogen (secondary N) is 1. The average molecular weight is 414 g/mol. The van der Waals surface area contributed by atoms with Crippen molar-refractivity contribution in [1.29, 1.82) is 0 Å². The van der Waals surface area contributed by atoms with E-state index < -0.39 is 23.4 Å². The summed E-state index contributed by atoms with van der Waals surface area (Å²) in [5, 5.41) is 7.67. The Hall–Kier alpha value is -3.48. The van der Waals surface area contributed by atoms with Crippen LogP contribution in [0.3, 0.4) is 0 Å². The molecule has 0 radical (unpaired) electrons. The van der Waals surface area contributed by atoms with Crippen LogP contribution in [0.5, 0.6) is 0 Å². The molecule has 1 heterocycles. The summed E-state index contributed by atoms with van der Waals surface area (Å²) in [6.07, 6.45) is -1.24. The first kappa shape index (κ1) is 19.8. The van der Waals surface area contributed by atoms with Crippen LogP contribution in [0.4, 0.5) is 22.0 Å². The molecule has 0 aliphatic carbocycles. The van der Waals surface area contributed by atoms with E-state index in [4.69, 9.17) is 0 Å². The number of H-pyrrole nitrogens is 1. The zero-order chi connectivity index (χ0) is 21.3. The molecule has 0 aliphatic rings. The molecule has 3 aromatic carbocycles. The summed E-state index contributed by atoms with van der Waals surface area (Å²) in [5.74, 6) is -1.30. The van der Waals surface area contributed by atoms with Crippen molar-refractivity contribution >= 4 is 23.1 Å². The van der Waals surface area contributed by atoms with Gasteiger partial charge in [-0.25, -0.2) is 8.78 Å². The van der Waals surface area contributed by atoms with E-state index >= 15 is 0 Å². The van der Waals surface area contributed by atoms with E-state index in [1.807, 2.05) is 0 Å². The molecule has 0 atom stereocenters. The standard InChI is InChI=1S/C23H15F5N2/c24-17-10-15(11-18(25)13-17)9-14-5-7-21-19(12-14)22(30-29-21)8-6-16-3-1-2-4-20(16)23(26,27)28/h1-8,10-13H,9H2,(H,29,30). The fraction of sp³-hybridized carbons (Fsp3) is 0.0870. The third-order valence-corrected chi connectivity index (χ3v) is 4.67. The van der Waals surface area contributed by atoms with Crippen molar-refractivity contribution in [3.63, 3.8) is 0 Å². The minimum atomic E-state index is -4.45. The van der Waals surface area contributed by atoms with Gasteiger partial charge in [0.1, 0.15) is 11.6 Å². The quantitative estimate of drug-likeness (QED) is 0.374. The third-order valence-electron chi connectivity index (χ3n) is 4.67. The van der Waals surface area contributed by atoms with E-state index in [0.29, 0.717) is 28.6 Å². The van der Waals surface area contributed by atoms with Gasteiger partial charge in [0.15, 0.2) is 0 Å². The molecule has 1 N–H and O–H groups in total. The second-order valence-corrected chi connectivity index (χ2v) is 6.86. The maximum Gasteiger partial charge on any atom is 0.416 e. The lowest BCUT2D eigenvalue weighted by Gasteiger charge is -2.09. The van der Waals surface area contributed by atoms with Crippen LogP contribution in [0.1, 0.15) is 27.9 Å². The van der Waals surface area contributed by atoms with Crippen molar-refractivity contribution in [2.75, 3.05) is 0 Å². The Morgan fingerprint density at radius 3 is 2.30 bits per heavy atom. The Morgan fingerprint density at radius 2 is 1.57 bits per heavy atom. The number of aromatic amines is 1. The van der Waals surface area contributed by atoms with E-state index in [9.17, 15) is 22.0 Å². The number of nitrogens with zero attached hydrogens (tertiary/aromatic N) is 1. The number of alkyl halides is 3. The lowest BCUT2D eigenvalue weighted by atomic mass is 10.0. The highest BCUT2D eigenvalue weighted by Crippen LogP contribution is 2.33. The predicted octanol–water partition coefficient (Wildman–Crippen LogP) is 6.62. The summed E-state index contributed by atoms with van der Waals surface area (Å²) in [6.45, 7) is 0. The molecule has 0 fully saturated rings.